The maximum Gasteiger partial charge on any atom is 0.149 e. The van der Waals surface area contributed by atoms with E-state index in [2.05, 4.69) is 18.4 Å². The van der Waals surface area contributed by atoms with Crippen molar-refractivity contribution in [2.75, 3.05) is 13.1 Å². The van der Waals surface area contributed by atoms with Crippen LogP contribution >= 0.6 is 0 Å². The number of nitrogens with zero attached hydrogens (tertiary/aromatic N) is 1. The second-order valence-corrected chi connectivity index (χ2v) is 6.93. The third-order valence-electron chi connectivity index (χ3n) is 5.15. The lowest BCUT2D eigenvalue weighted by Crippen LogP contribution is -2.45. The molecule has 0 aliphatic carbocycles. The van der Waals surface area contributed by atoms with Gasteiger partial charge in [-0.25, -0.2) is 4.39 Å². The Labute approximate surface area is 129 Å². The van der Waals surface area contributed by atoms with E-state index in [1.54, 1.807) is 25.1 Å². The highest BCUT2D eigenvalue weighted by Crippen LogP contribution is 2.49. The topological polar surface area (TPSA) is 36.6 Å². The predicted molar refractivity (Wildman–Crippen MR) is 83.9 cm³/mol. The van der Waals surface area contributed by atoms with Crippen LogP contribution in [0.5, 0.6) is 5.75 Å². The summed E-state index contributed by atoms with van der Waals surface area (Å²) in [5, 5.41) is 10.5. The van der Waals surface area contributed by atoms with Gasteiger partial charge in [-0.05, 0) is 38.5 Å². The van der Waals surface area contributed by atoms with Gasteiger partial charge in [-0.3, -0.25) is 4.90 Å². The van der Waals surface area contributed by atoms with E-state index in [9.17, 15) is 5.11 Å². The molecule has 2 aliphatic heterocycles. The molecular weight excluding hydrogens is 281 g/mol. The Morgan fingerprint density at radius 2 is 2.23 bits per heavy atom. The number of furan rings is 1. The largest absolute Gasteiger partial charge is 0.508 e. The summed E-state index contributed by atoms with van der Waals surface area (Å²) >= 11 is 0. The smallest absolute Gasteiger partial charge is 0.149 e. The van der Waals surface area contributed by atoms with Crippen LogP contribution in [0.25, 0.3) is 11.0 Å². The molecule has 0 amide bonds. The predicted octanol–water partition coefficient (Wildman–Crippen LogP) is 4.07. The van der Waals surface area contributed by atoms with E-state index in [-0.39, 0.29) is 17.7 Å². The molecule has 0 spiro atoms. The van der Waals surface area contributed by atoms with Gasteiger partial charge in [0.2, 0.25) is 0 Å². The van der Waals surface area contributed by atoms with Gasteiger partial charge in [0.15, 0.2) is 0 Å². The first-order chi connectivity index (χ1) is 10.4. The molecule has 1 fully saturated rings. The minimum Gasteiger partial charge on any atom is -0.508 e. The van der Waals surface area contributed by atoms with Gasteiger partial charge in [0.25, 0.3) is 0 Å². The van der Waals surface area contributed by atoms with Crippen LogP contribution in [0, 0.1) is 0 Å². The van der Waals surface area contributed by atoms with Crippen molar-refractivity contribution in [2.45, 2.75) is 37.9 Å². The summed E-state index contributed by atoms with van der Waals surface area (Å²) < 4.78 is 21.6. The second-order valence-electron chi connectivity index (χ2n) is 6.93. The number of benzene rings is 1. The third-order valence-corrected chi connectivity index (χ3v) is 5.15. The number of alkyl halides is 1. The fraction of sp³-hybridized carbons (Fsp3) is 0.444. The summed E-state index contributed by atoms with van der Waals surface area (Å²) in [7, 11) is 0. The number of phenols is 1. The zero-order valence-corrected chi connectivity index (χ0v) is 12.9. The van der Waals surface area contributed by atoms with Crippen molar-refractivity contribution < 1.29 is 13.9 Å². The van der Waals surface area contributed by atoms with Crippen LogP contribution in [0.1, 0.15) is 37.5 Å². The Morgan fingerprint density at radius 1 is 1.45 bits per heavy atom. The number of rotatable bonds is 0. The molecule has 2 aliphatic rings. The van der Waals surface area contributed by atoms with E-state index >= 15 is 4.39 Å². The van der Waals surface area contributed by atoms with E-state index < -0.39 is 5.67 Å². The van der Waals surface area contributed by atoms with Gasteiger partial charge in [0.1, 0.15) is 22.8 Å². The zero-order chi connectivity index (χ0) is 15.6. The summed E-state index contributed by atoms with van der Waals surface area (Å²) in [6.45, 7) is 8.92. The number of hydrogen-bond donors (Lipinski definition) is 1. The van der Waals surface area contributed by atoms with Gasteiger partial charge in [0, 0.05) is 36.0 Å². The van der Waals surface area contributed by atoms with Crippen molar-refractivity contribution in [3.63, 3.8) is 0 Å². The molecule has 1 aromatic heterocycles. The normalized spacial score (nSPS) is 34.5. The van der Waals surface area contributed by atoms with Crippen molar-refractivity contribution in [1.29, 1.82) is 0 Å². The van der Waals surface area contributed by atoms with Crippen molar-refractivity contribution >= 4 is 11.0 Å². The number of phenolic OH excluding ortho intramolecular Hbond substituents is 1. The lowest BCUT2D eigenvalue weighted by molar-refractivity contribution is 0.0838. The molecule has 0 radical (unpaired) electrons. The van der Waals surface area contributed by atoms with Crippen LogP contribution in [0.4, 0.5) is 4.39 Å². The molecule has 3 nitrogen and oxygen atoms in total. The number of aromatic hydroxyl groups is 1. The lowest BCUT2D eigenvalue weighted by atomic mass is 9.85. The SMILES string of the molecule is C=C1CC2c3oc4ccc(O)cc4c3C(C)(F)CN(C1)C2C. The molecule has 1 saturated heterocycles. The summed E-state index contributed by atoms with van der Waals surface area (Å²) in [6, 6.07) is 5.13. The Balaban J connectivity index is 2.02. The van der Waals surface area contributed by atoms with E-state index in [0.29, 0.717) is 23.1 Å². The Hall–Kier alpha value is -1.81. The van der Waals surface area contributed by atoms with E-state index in [0.717, 1.165) is 24.3 Å². The molecule has 4 atom stereocenters. The summed E-state index contributed by atoms with van der Waals surface area (Å²) in [5.74, 6) is 0.974. The Kier molecular flexibility index (Phi) is 2.74. The van der Waals surface area contributed by atoms with Crippen molar-refractivity contribution in [3.05, 3.63) is 41.7 Å². The van der Waals surface area contributed by atoms with Gasteiger partial charge in [-0.2, -0.15) is 0 Å². The lowest BCUT2D eigenvalue weighted by Gasteiger charge is -2.38. The number of hydrogen-bond acceptors (Lipinski definition) is 3. The quantitative estimate of drug-likeness (QED) is 0.745. The summed E-state index contributed by atoms with van der Waals surface area (Å²) in [4.78, 5) is 2.15. The average Bonchev–Trinajstić information content (AvgIpc) is 2.79. The number of piperidine rings is 1. The molecule has 1 N–H and O–H groups in total. The molecule has 3 heterocycles. The highest BCUT2D eigenvalue weighted by atomic mass is 19.1. The molecule has 2 aromatic rings. The minimum absolute atomic E-state index is 0.114. The molecule has 2 bridgehead atoms. The fourth-order valence-electron chi connectivity index (χ4n) is 4.11. The van der Waals surface area contributed by atoms with Crippen LogP contribution in [0.3, 0.4) is 0 Å². The third kappa shape index (κ3) is 1.83. The monoisotopic (exact) mass is 301 g/mol. The van der Waals surface area contributed by atoms with Crippen LogP contribution in [0.15, 0.2) is 34.8 Å². The van der Waals surface area contributed by atoms with Crippen LogP contribution in [0.2, 0.25) is 0 Å². The molecule has 4 rings (SSSR count). The fourth-order valence-corrected chi connectivity index (χ4v) is 4.11. The van der Waals surface area contributed by atoms with Gasteiger partial charge < -0.3 is 9.52 Å². The van der Waals surface area contributed by atoms with E-state index in [4.69, 9.17) is 4.42 Å². The maximum atomic E-state index is 15.5. The number of halogens is 1. The second kappa shape index (κ2) is 4.35. The maximum absolute atomic E-state index is 15.5. The average molecular weight is 301 g/mol. The first-order valence-electron chi connectivity index (χ1n) is 7.72. The molecule has 4 unspecified atom stereocenters. The standard InChI is InChI=1S/C18H20FNO2/c1-10-6-13-11(2)20(8-10)9-18(3,19)16-14-7-12(21)4-5-15(14)22-17(13)16/h4-5,7,11,13,21H,1,6,8-9H2,2-3H3. The Bertz CT molecular complexity index is 777. The van der Waals surface area contributed by atoms with Gasteiger partial charge in [-0.15, -0.1) is 0 Å². The first-order valence-corrected chi connectivity index (χ1v) is 7.72. The van der Waals surface area contributed by atoms with Crippen molar-refractivity contribution in [1.82, 2.24) is 4.90 Å². The van der Waals surface area contributed by atoms with Gasteiger partial charge in [0.05, 0.1) is 0 Å². The highest BCUT2D eigenvalue weighted by molar-refractivity contribution is 5.85. The van der Waals surface area contributed by atoms with Crippen LogP contribution < -0.4 is 0 Å². The van der Waals surface area contributed by atoms with Gasteiger partial charge >= 0.3 is 0 Å². The summed E-state index contributed by atoms with van der Waals surface area (Å²) in [5.41, 5.74) is 0.855. The van der Waals surface area contributed by atoms with Crippen molar-refractivity contribution in [2.24, 2.45) is 0 Å². The molecule has 4 heteroatoms. The van der Waals surface area contributed by atoms with Crippen LogP contribution in [-0.4, -0.2) is 29.1 Å². The minimum atomic E-state index is -1.51. The van der Waals surface area contributed by atoms with Crippen LogP contribution in [-0.2, 0) is 5.67 Å². The molecule has 1 aromatic carbocycles. The number of fused-ring (bicyclic) bond motifs is 6. The highest BCUT2D eigenvalue weighted by Gasteiger charge is 2.46. The van der Waals surface area contributed by atoms with Gasteiger partial charge in [-0.1, -0.05) is 12.2 Å². The van der Waals surface area contributed by atoms with E-state index in [1.165, 1.54) is 0 Å². The van der Waals surface area contributed by atoms with E-state index in [1.807, 2.05) is 0 Å². The molecule has 0 saturated carbocycles. The summed E-state index contributed by atoms with van der Waals surface area (Å²) in [6.07, 6.45) is 0.826. The molecular formula is C18H20FNO2. The zero-order valence-electron chi connectivity index (χ0n) is 12.9. The molecule has 22 heavy (non-hydrogen) atoms. The van der Waals surface area contributed by atoms with Crippen molar-refractivity contribution in [3.8, 4) is 5.75 Å². The molecule has 116 valence electrons. The first kappa shape index (κ1) is 13.8. The Morgan fingerprint density at radius 3 is 3.00 bits per heavy atom.